The maximum Gasteiger partial charge on any atom is 0.272 e. The summed E-state index contributed by atoms with van der Waals surface area (Å²) in [6, 6.07) is 7.02. The molecule has 0 saturated carbocycles. The fourth-order valence-corrected chi connectivity index (χ4v) is 2.75. The van der Waals surface area contributed by atoms with Gasteiger partial charge in [-0.3, -0.25) is 9.48 Å². The molecule has 0 radical (unpaired) electrons. The first-order valence-corrected chi connectivity index (χ1v) is 9.00. The fraction of sp³-hybridized carbons (Fsp3) is 0.350. The van der Waals surface area contributed by atoms with Crippen LogP contribution in [0.2, 0.25) is 0 Å². The minimum Gasteiger partial charge on any atom is -0.487 e. The van der Waals surface area contributed by atoms with Gasteiger partial charge in [0.05, 0.1) is 17.4 Å². The highest BCUT2D eigenvalue weighted by Gasteiger charge is 2.25. The number of benzene rings is 1. The molecule has 0 unspecified atom stereocenters. The number of amides is 1. The number of rotatable bonds is 7. The van der Waals surface area contributed by atoms with Crippen LogP contribution >= 0.6 is 0 Å². The van der Waals surface area contributed by atoms with Crippen molar-refractivity contribution in [2.24, 2.45) is 0 Å². The summed E-state index contributed by atoms with van der Waals surface area (Å²) in [4.78, 5) is 16.2. The molecule has 0 spiro atoms. The van der Waals surface area contributed by atoms with E-state index < -0.39 is 24.5 Å². The molecule has 0 aliphatic carbocycles. The van der Waals surface area contributed by atoms with E-state index in [9.17, 15) is 18.7 Å². The van der Waals surface area contributed by atoms with Gasteiger partial charge in [-0.25, -0.2) is 13.8 Å². The van der Waals surface area contributed by atoms with Gasteiger partial charge in [-0.15, -0.1) is 0 Å². The molecule has 9 heteroatoms. The Morgan fingerprint density at radius 2 is 2.10 bits per heavy atom. The number of ether oxygens (including phenoxy) is 1. The number of carbonyl (C=O) groups is 1. The second-order valence-electron chi connectivity index (χ2n) is 7.23. The Bertz CT molecular complexity index is 1030. The molecule has 1 amide bonds. The van der Waals surface area contributed by atoms with Gasteiger partial charge < -0.3 is 15.2 Å². The molecule has 2 aromatic heterocycles. The monoisotopic (exact) mass is 404 g/mol. The standard InChI is InChI=1S/C20H22F2N4O3/c1-12-8-13(4-5-16(12)29-11-17(21)22)9-26-10-14-15(25-26)6-7-23-18(14)24-19(27)20(2,3)28/h4-8,10,17,28H,9,11H2,1-3H3,(H,23,24,27). The smallest absolute Gasteiger partial charge is 0.272 e. The van der Waals surface area contributed by atoms with Crippen molar-refractivity contribution in [3.8, 4) is 5.75 Å². The minimum atomic E-state index is -2.52. The van der Waals surface area contributed by atoms with Crippen molar-refractivity contribution in [1.82, 2.24) is 14.8 Å². The number of hydrogen-bond donors (Lipinski definition) is 2. The molecule has 0 bridgehead atoms. The van der Waals surface area contributed by atoms with E-state index in [1.54, 1.807) is 36.0 Å². The highest BCUT2D eigenvalue weighted by molar-refractivity contribution is 6.02. The zero-order valence-electron chi connectivity index (χ0n) is 16.3. The summed E-state index contributed by atoms with van der Waals surface area (Å²) in [5.74, 6) is 0.161. The Hall–Kier alpha value is -3.07. The molecule has 2 N–H and O–H groups in total. The van der Waals surface area contributed by atoms with Crippen LogP contribution in [0.1, 0.15) is 25.0 Å². The number of aromatic nitrogens is 3. The lowest BCUT2D eigenvalue weighted by atomic mass is 10.1. The lowest BCUT2D eigenvalue weighted by Crippen LogP contribution is -2.36. The fourth-order valence-electron chi connectivity index (χ4n) is 2.75. The average Bonchev–Trinajstić information content (AvgIpc) is 3.03. The summed E-state index contributed by atoms with van der Waals surface area (Å²) >= 11 is 0. The molecule has 0 aliphatic heterocycles. The van der Waals surface area contributed by atoms with E-state index in [0.717, 1.165) is 11.1 Å². The summed E-state index contributed by atoms with van der Waals surface area (Å²) < 4.78 is 31.4. The van der Waals surface area contributed by atoms with E-state index in [-0.39, 0.29) is 0 Å². The number of anilines is 1. The van der Waals surface area contributed by atoms with Crippen LogP contribution in [0.25, 0.3) is 10.9 Å². The van der Waals surface area contributed by atoms with E-state index in [2.05, 4.69) is 15.4 Å². The molecule has 29 heavy (non-hydrogen) atoms. The third kappa shape index (κ3) is 5.05. The van der Waals surface area contributed by atoms with E-state index in [1.807, 2.05) is 6.07 Å². The largest absolute Gasteiger partial charge is 0.487 e. The highest BCUT2D eigenvalue weighted by Crippen LogP contribution is 2.23. The minimum absolute atomic E-state index is 0.313. The van der Waals surface area contributed by atoms with Crippen LogP contribution < -0.4 is 10.1 Å². The van der Waals surface area contributed by atoms with Gasteiger partial charge in [0, 0.05) is 12.4 Å². The molecule has 3 rings (SSSR count). The summed E-state index contributed by atoms with van der Waals surface area (Å²) in [6.45, 7) is 4.37. The van der Waals surface area contributed by atoms with Crippen LogP contribution in [-0.4, -0.2) is 44.4 Å². The molecule has 7 nitrogen and oxygen atoms in total. The molecule has 0 fully saturated rings. The van der Waals surface area contributed by atoms with Gasteiger partial charge in [-0.05, 0) is 44.0 Å². The molecule has 154 valence electrons. The number of aryl methyl sites for hydroxylation is 1. The molecular weight excluding hydrogens is 382 g/mol. The van der Waals surface area contributed by atoms with Crippen LogP contribution in [0.4, 0.5) is 14.6 Å². The highest BCUT2D eigenvalue weighted by atomic mass is 19.3. The predicted octanol–water partition coefficient (Wildman–Crippen LogP) is 3.14. The lowest BCUT2D eigenvalue weighted by molar-refractivity contribution is -0.130. The van der Waals surface area contributed by atoms with E-state index >= 15 is 0 Å². The quantitative estimate of drug-likeness (QED) is 0.632. The summed E-state index contributed by atoms with van der Waals surface area (Å²) in [7, 11) is 0. The van der Waals surface area contributed by atoms with Gasteiger partial charge in [0.15, 0.2) is 0 Å². The van der Waals surface area contributed by atoms with Gasteiger partial charge in [0.2, 0.25) is 0 Å². The molecule has 0 saturated heterocycles. The Kier molecular flexibility index (Phi) is 5.78. The Morgan fingerprint density at radius 3 is 2.76 bits per heavy atom. The van der Waals surface area contributed by atoms with Crippen molar-refractivity contribution in [3.05, 3.63) is 47.8 Å². The Labute approximate surface area is 166 Å². The van der Waals surface area contributed by atoms with E-state index in [0.29, 0.717) is 29.0 Å². The third-order valence-electron chi connectivity index (χ3n) is 4.22. The maximum atomic E-state index is 12.3. The number of alkyl halides is 2. The SMILES string of the molecule is Cc1cc(Cn2cc3c(NC(=O)C(C)(C)O)nccc3n2)ccc1OCC(F)F. The molecular formula is C20H22F2N4O3. The number of nitrogens with zero attached hydrogens (tertiary/aromatic N) is 3. The zero-order valence-corrected chi connectivity index (χ0v) is 16.3. The van der Waals surface area contributed by atoms with Crippen LogP contribution in [0.3, 0.4) is 0 Å². The molecule has 3 aromatic rings. The molecule has 0 atom stereocenters. The van der Waals surface area contributed by atoms with E-state index in [4.69, 9.17) is 4.74 Å². The normalized spacial score (nSPS) is 11.8. The second kappa shape index (κ2) is 8.12. The van der Waals surface area contributed by atoms with Gasteiger partial charge in [-0.1, -0.05) is 12.1 Å². The maximum absolute atomic E-state index is 12.3. The van der Waals surface area contributed by atoms with Gasteiger partial charge >= 0.3 is 0 Å². The molecule has 0 aliphatic rings. The molecule has 2 heterocycles. The van der Waals surface area contributed by atoms with Crippen molar-refractivity contribution in [3.63, 3.8) is 0 Å². The van der Waals surface area contributed by atoms with Crippen LogP contribution in [0.15, 0.2) is 36.7 Å². The van der Waals surface area contributed by atoms with Gasteiger partial charge in [0.1, 0.15) is 23.8 Å². The van der Waals surface area contributed by atoms with Gasteiger partial charge in [0.25, 0.3) is 12.3 Å². The number of hydrogen-bond acceptors (Lipinski definition) is 5. The number of aliphatic hydroxyl groups is 1. The van der Waals surface area contributed by atoms with Crippen molar-refractivity contribution in [2.75, 3.05) is 11.9 Å². The summed E-state index contributed by atoms with van der Waals surface area (Å²) in [5.41, 5.74) is 0.764. The topological polar surface area (TPSA) is 89.3 Å². The van der Waals surface area contributed by atoms with Crippen molar-refractivity contribution < 1.29 is 23.4 Å². The summed E-state index contributed by atoms with van der Waals surface area (Å²) in [6.07, 6.45) is 0.753. The van der Waals surface area contributed by atoms with Crippen molar-refractivity contribution in [2.45, 2.75) is 39.3 Å². The van der Waals surface area contributed by atoms with Gasteiger partial charge in [-0.2, -0.15) is 5.10 Å². The van der Waals surface area contributed by atoms with Crippen LogP contribution in [0.5, 0.6) is 5.75 Å². The Balaban J connectivity index is 1.80. The first kappa shape index (κ1) is 20.7. The van der Waals surface area contributed by atoms with Crippen LogP contribution in [0, 0.1) is 6.92 Å². The molecule has 1 aromatic carbocycles. The Morgan fingerprint density at radius 1 is 1.34 bits per heavy atom. The third-order valence-corrected chi connectivity index (χ3v) is 4.22. The van der Waals surface area contributed by atoms with E-state index in [1.165, 1.54) is 20.0 Å². The number of halogens is 2. The first-order valence-electron chi connectivity index (χ1n) is 9.00. The lowest BCUT2D eigenvalue weighted by Gasteiger charge is -2.16. The first-order chi connectivity index (χ1) is 13.6. The number of fused-ring (bicyclic) bond motifs is 1. The second-order valence-corrected chi connectivity index (χ2v) is 7.23. The number of nitrogens with one attached hydrogen (secondary N) is 1. The zero-order chi connectivity index (χ0) is 21.2. The summed E-state index contributed by atoms with van der Waals surface area (Å²) in [5, 5.41) is 17.6. The number of pyridine rings is 1. The van der Waals surface area contributed by atoms with Crippen molar-refractivity contribution >= 4 is 22.6 Å². The average molecular weight is 404 g/mol. The van der Waals surface area contributed by atoms with Crippen LogP contribution in [-0.2, 0) is 11.3 Å². The van der Waals surface area contributed by atoms with Crippen molar-refractivity contribution in [1.29, 1.82) is 0 Å². The number of carbonyl (C=O) groups excluding carboxylic acids is 1. The predicted molar refractivity (Wildman–Crippen MR) is 104 cm³/mol.